The Balaban J connectivity index is 1.76. The van der Waals surface area contributed by atoms with Gasteiger partial charge in [-0.15, -0.1) is 0 Å². The Morgan fingerprint density at radius 1 is 0.935 bits per heavy atom. The van der Waals surface area contributed by atoms with Gasteiger partial charge in [-0.25, -0.2) is 4.98 Å². The van der Waals surface area contributed by atoms with Gasteiger partial charge < -0.3 is 26.6 Å². The van der Waals surface area contributed by atoms with Gasteiger partial charge in [-0.3, -0.25) is 14.4 Å². The molecule has 0 radical (unpaired) electrons. The maximum absolute atomic E-state index is 12.6. The van der Waals surface area contributed by atoms with Gasteiger partial charge in [0.2, 0.25) is 5.91 Å². The summed E-state index contributed by atoms with van der Waals surface area (Å²) in [5, 5.41) is 9.09. The molecule has 0 fully saturated rings. The zero-order chi connectivity index (χ0) is 22.5. The van der Waals surface area contributed by atoms with Crippen molar-refractivity contribution in [2.24, 2.45) is 5.73 Å². The highest BCUT2D eigenvalue weighted by atomic mass is 32.1. The lowest BCUT2D eigenvalue weighted by Crippen LogP contribution is -2.17. The van der Waals surface area contributed by atoms with Crippen LogP contribution < -0.4 is 26.6 Å². The minimum Gasteiger partial charge on any atom is -0.378 e. The van der Waals surface area contributed by atoms with Crippen LogP contribution in [0.2, 0.25) is 0 Å². The summed E-state index contributed by atoms with van der Waals surface area (Å²) in [5.41, 5.74) is 8.16. The fourth-order valence-electron chi connectivity index (χ4n) is 2.68. The normalized spacial score (nSPS) is 10.3. The number of benzene rings is 2. The maximum atomic E-state index is 12.6. The predicted octanol–water partition coefficient (Wildman–Crippen LogP) is 3.26. The lowest BCUT2D eigenvalue weighted by atomic mass is 10.2. The molecular weight excluding hydrogens is 416 g/mol. The molecule has 0 spiro atoms. The van der Waals surface area contributed by atoms with Crippen LogP contribution in [0, 0.1) is 0 Å². The van der Waals surface area contributed by atoms with Gasteiger partial charge in [0.1, 0.15) is 5.00 Å². The molecular formula is C21H22N6O3S. The molecule has 9 nitrogen and oxygen atoms in total. The summed E-state index contributed by atoms with van der Waals surface area (Å²) in [5.74, 6) is -1.38. The Hall–Kier alpha value is -3.92. The number of rotatable bonds is 7. The van der Waals surface area contributed by atoms with Crippen LogP contribution in [-0.2, 0) is 4.79 Å². The van der Waals surface area contributed by atoms with Gasteiger partial charge in [0.25, 0.3) is 11.8 Å². The van der Waals surface area contributed by atoms with Crippen molar-refractivity contribution >= 4 is 56.3 Å². The number of carbonyl (C=O) groups is 3. The summed E-state index contributed by atoms with van der Waals surface area (Å²) in [6, 6.07) is 14.0. The Bertz CT molecular complexity index is 1110. The molecule has 0 saturated heterocycles. The van der Waals surface area contributed by atoms with E-state index >= 15 is 0 Å². The summed E-state index contributed by atoms with van der Waals surface area (Å²) in [6.07, 6.45) is 0. The molecule has 3 rings (SSSR count). The van der Waals surface area contributed by atoms with E-state index in [2.05, 4.69) is 20.9 Å². The van der Waals surface area contributed by atoms with Gasteiger partial charge in [-0.1, -0.05) is 11.3 Å². The quantitative estimate of drug-likeness (QED) is 0.448. The minimum atomic E-state index is -0.747. The molecule has 0 saturated carbocycles. The zero-order valence-corrected chi connectivity index (χ0v) is 18.0. The van der Waals surface area contributed by atoms with E-state index in [4.69, 9.17) is 5.73 Å². The van der Waals surface area contributed by atoms with E-state index in [1.807, 2.05) is 43.3 Å². The number of primary amides is 1. The van der Waals surface area contributed by atoms with Crippen LogP contribution in [0.1, 0.15) is 27.8 Å². The van der Waals surface area contributed by atoms with Crippen molar-refractivity contribution in [3.63, 3.8) is 0 Å². The first kappa shape index (κ1) is 21.8. The third kappa shape index (κ3) is 5.58. The highest BCUT2D eigenvalue weighted by Gasteiger charge is 2.19. The number of hydrogen-bond acceptors (Lipinski definition) is 7. The van der Waals surface area contributed by atoms with Gasteiger partial charge in [-0.2, -0.15) is 0 Å². The number of nitrogens with zero attached hydrogens (tertiary/aromatic N) is 2. The third-order valence-electron chi connectivity index (χ3n) is 4.19. The molecule has 3 amide bonds. The van der Waals surface area contributed by atoms with Gasteiger partial charge in [0.05, 0.1) is 0 Å². The molecule has 0 unspecified atom stereocenters. The third-order valence-corrected chi connectivity index (χ3v) is 5.08. The number of nitrogens with two attached hydrogens (primary N) is 1. The van der Waals surface area contributed by atoms with Crippen molar-refractivity contribution < 1.29 is 14.4 Å². The second kappa shape index (κ2) is 9.26. The van der Waals surface area contributed by atoms with Crippen molar-refractivity contribution in [2.45, 2.75) is 6.92 Å². The molecule has 0 aliphatic carbocycles. The molecule has 0 atom stereocenters. The van der Waals surface area contributed by atoms with Crippen molar-refractivity contribution in [1.29, 1.82) is 0 Å². The highest BCUT2D eigenvalue weighted by molar-refractivity contribution is 7.20. The summed E-state index contributed by atoms with van der Waals surface area (Å²) in [4.78, 5) is 41.7. The Morgan fingerprint density at radius 3 is 2.10 bits per heavy atom. The van der Waals surface area contributed by atoms with E-state index in [0.717, 1.165) is 22.7 Å². The van der Waals surface area contributed by atoms with Crippen LogP contribution in [0.5, 0.6) is 0 Å². The summed E-state index contributed by atoms with van der Waals surface area (Å²) < 4.78 is 0. The van der Waals surface area contributed by atoms with Gasteiger partial charge in [0.15, 0.2) is 10.8 Å². The lowest BCUT2D eigenvalue weighted by Gasteiger charge is -2.12. The topological polar surface area (TPSA) is 129 Å². The standard InChI is InChI=1S/C21H22N6O3S/c1-12(28)23-14-6-4-13(5-7-14)19(30)26-20-17(18(22)29)25-21(31-20)24-15-8-10-16(11-9-15)27(2)3/h4-11H,1-3H3,(H2,22,29)(H,23,28)(H,24,25)(H,26,30). The van der Waals surface area contributed by atoms with Crippen LogP contribution in [0.15, 0.2) is 48.5 Å². The molecule has 5 N–H and O–H groups in total. The predicted molar refractivity (Wildman–Crippen MR) is 123 cm³/mol. The monoisotopic (exact) mass is 438 g/mol. The van der Waals surface area contributed by atoms with Crippen LogP contribution in [0.25, 0.3) is 0 Å². The van der Waals surface area contributed by atoms with Crippen molar-refractivity contribution in [2.75, 3.05) is 34.9 Å². The molecule has 1 heterocycles. The van der Waals surface area contributed by atoms with Crippen LogP contribution >= 0.6 is 11.3 Å². The number of anilines is 5. The number of nitrogens with one attached hydrogen (secondary N) is 3. The second-order valence-corrected chi connectivity index (χ2v) is 7.84. The Morgan fingerprint density at radius 2 is 1.55 bits per heavy atom. The summed E-state index contributed by atoms with van der Waals surface area (Å²) in [6.45, 7) is 1.40. The number of aromatic nitrogens is 1. The number of amides is 3. The number of hydrogen-bond donors (Lipinski definition) is 4. The molecule has 0 aliphatic heterocycles. The number of thiazole rings is 1. The maximum Gasteiger partial charge on any atom is 0.270 e. The van der Waals surface area contributed by atoms with Crippen molar-refractivity contribution in [3.05, 3.63) is 59.8 Å². The molecule has 0 aliphatic rings. The fraction of sp³-hybridized carbons (Fsp3) is 0.143. The molecule has 2 aromatic carbocycles. The zero-order valence-electron chi connectivity index (χ0n) is 17.2. The largest absolute Gasteiger partial charge is 0.378 e. The molecule has 31 heavy (non-hydrogen) atoms. The van der Waals surface area contributed by atoms with E-state index in [1.54, 1.807) is 24.3 Å². The first-order chi connectivity index (χ1) is 14.7. The minimum absolute atomic E-state index is 0.0272. The smallest absolute Gasteiger partial charge is 0.270 e. The van der Waals surface area contributed by atoms with E-state index in [0.29, 0.717) is 16.4 Å². The average molecular weight is 439 g/mol. The second-order valence-electron chi connectivity index (χ2n) is 6.84. The molecule has 0 bridgehead atoms. The van der Waals surface area contributed by atoms with E-state index in [-0.39, 0.29) is 16.6 Å². The average Bonchev–Trinajstić information content (AvgIpc) is 3.11. The van der Waals surface area contributed by atoms with Gasteiger partial charge in [-0.05, 0) is 48.5 Å². The summed E-state index contributed by atoms with van der Waals surface area (Å²) >= 11 is 1.11. The first-order valence-electron chi connectivity index (χ1n) is 9.27. The molecule has 160 valence electrons. The molecule has 3 aromatic rings. The lowest BCUT2D eigenvalue weighted by molar-refractivity contribution is -0.114. The Labute approximate surface area is 183 Å². The highest BCUT2D eigenvalue weighted by Crippen LogP contribution is 2.31. The van der Waals surface area contributed by atoms with Crippen LogP contribution in [-0.4, -0.2) is 36.8 Å². The van der Waals surface area contributed by atoms with E-state index in [9.17, 15) is 14.4 Å². The fourth-order valence-corrected chi connectivity index (χ4v) is 3.56. The Kier molecular flexibility index (Phi) is 6.51. The van der Waals surface area contributed by atoms with Crippen LogP contribution in [0.4, 0.5) is 27.2 Å². The molecule has 1 aromatic heterocycles. The van der Waals surface area contributed by atoms with E-state index in [1.165, 1.54) is 6.92 Å². The summed E-state index contributed by atoms with van der Waals surface area (Å²) in [7, 11) is 3.90. The van der Waals surface area contributed by atoms with Gasteiger partial charge in [0, 0.05) is 43.6 Å². The SMILES string of the molecule is CC(=O)Nc1ccc(C(=O)Nc2sc(Nc3ccc(N(C)C)cc3)nc2C(N)=O)cc1. The molecule has 10 heteroatoms. The van der Waals surface area contributed by atoms with Crippen LogP contribution in [0.3, 0.4) is 0 Å². The number of carbonyl (C=O) groups excluding carboxylic acids is 3. The van der Waals surface area contributed by atoms with Crippen molar-refractivity contribution in [3.8, 4) is 0 Å². The van der Waals surface area contributed by atoms with Crippen molar-refractivity contribution in [1.82, 2.24) is 4.98 Å². The first-order valence-corrected chi connectivity index (χ1v) is 10.1. The van der Waals surface area contributed by atoms with Gasteiger partial charge >= 0.3 is 0 Å². The van der Waals surface area contributed by atoms with E-state index < -0.39 is 11.8 Å².